The molecule has 0 spiro atoms. The Morgan fingerprint density at radius 1 is 1.33 bits per heavy atom. The van der Waals surface area contributed by atoms with Crippen LogP contribution in [0, 0.1) is 5.82 Å². The SMILES string of the molecule is C[C@@H](Oc1ccc(Cl)cc1Br)C(=O)Nc1cccc(F)c1. The highest BCUT2D eigenvalue weighted by Crippen LogP contribution is 2.28. The van der Waals surface area contributed by atoms with Gasteiger partial charge in [0.15, 0.2) is 6.10 Å². The van der Waals surface area contributed by atoms with Crippen molar-refractivity contribution < 1.29 is 13.9 Å². The van der Waals surface area contributed by atoms with Gasteiger partial charge in [-0.15, -0.1) is 0 Å². The van der Waals surface area contributed by atoms with E-state index in [-0.39, 0.29) is 5.91 Å². The van der Waals surface area contributed by atoms with Crippen molar-refractivity contribution in [3.8, 4) is 5.75 Å². The lowest BCUT2D eigenvalue weighted by atomic mass is 10.3. The molecule has 1 atom stereocenters. The number of halogens is 3. The van der Waals surface area contributed by atoms with Crippen molar-refractivity contribution in [3.05, 3.63) is 57.8 Å². The zero-order chi connectivity index (χ0) is 15.4. The number of rotatable bonds is 4. The number of amides is 1. The van der Waals surface area contributed by atoms with Crippen molar-refractivity contribution in [1.82, 2.24) is 0 Å². The van der Waals surface area contributed by atoms with E-state index in [2.05, 4.69) is 21.2 Å². The lowest BCUT2D eigenvalue weighted by molar-refractivity contribution is -0.122. The van der Waals surface area contributed by atoms with Crippen LogP contribution in [0.15, 0.2) is 46.9 Å². The maximum atomic E-state index is 13.1. The molecule has 21 heavy (non-hydrogen) atoms. The van der Waals surface area contributed by atoms with E-state index in [1.54, 1.807) is 31.2 Å². The number of hydrogen-bond donors (Lipinski definition) is 1. The van der Waals surface area contributed by atoms with E-state index in [1.165, 1.54) is 18.2 Å². The van der Waals surface area contributed by atoms with Crippen molar-refractivity contribution in [2.24, 2.45) is 0 Å². The summed E-state index contributed by atoms with van der Waals surface area (Å²) in [6.07, 6.45) is -0.745. The molecule has 0 radical (unpaired) electrons. The Hall–Kier alpha value is -1.59. The lowest BCUT2D eigenvalue weighted by Gasteiger charge is -2.16. The molecular formula is C15H12BrClFNO2. The van der Waals surface area contributed by atoms with Gasteiger partial charge < -0.3 is 10.1 Å². The van der Waals surface area contributed by atoms with Gasteiger partial charge in [0.2, 0.25) is 0 Å². The van der Waals surface area contributed by atoms with Gasteiger partial charge in [-0.25, -0.2) is 4.39 Å². The molecule has 0 aliphatic heterocycles. The monoisotopic (exact) mass is 371 g/mol. The molecule has 1 amide bonds. The highest BCUT2D eigenvalue weighted by molar-refractivity contribution is 9.10. The van der Waals surface area contributed by atoms with Gasteiger partial charge in [-0.3, -0.25) is 4.79 Å². The summed E-state index contributed by atoms with van der Waals surface area (Å²) >= 11 is 9.15. The molecule has 6 heteroatoms. The minimum Gasteiger partial charge on any atom is -0.480 e. The molecule has 0 unspecified atom stereocenters. The fourth-order valence-corrected chi connectivity index (χ4v) is 2.40. The standard InChI is InChI=1S/C15H12BrClFNO2/c1-9(21-14-6-5-10(17)7-13(14)16)15(20)19-12-4-2-3-11(18)8-12/h2-9H,1H3,(H,19,20)/t9-/m1/s1. The van der Waals surface area contributed by atoms with Gasteiger partial charge in [0.05, 0.1) is 4.47 Å². The molecule has 0 aliphatic carbocycles. The van der Waals surface area contributed by atoms with Crippen LogP contribution in [0.1, 0.15) is 6.92 Å². The Morgan fingerprint density at radius 3 is 2.76 bits per heavy atom. The van der Waals surface area contributed by atoms with Crippen LogP contribution in [-0.4, -0.2) is 12.0 Å². The third-order valence-electron chi connectivity index (χ3n) is 2.66. The Bertz CT molecular complexity index is 666. The van der Waals surface area contributed by atoms with Crippen molar-refractivity contribution in [3.63, 3.8) is 0 Å². The first-order chi connectivity index (χ1) is 9.95. The van der Waals surface area contributed by atoms with Crippen molar-refractivity contribution in [1.29, 1.82) is 0 Å². The van der Waals surface area contributed by atoms with Gasteiger partial charge in [0.25, 0.3) is 5.91 Å². The first-order valence-corrected chi connectivity index (χ1v) is 7.31. The fourth-order valence-electron chi connectivity index (χ4n) is 1.62. The van der Waals surface area contributed by atoms with E-state index in [0.717, 1.165) is 0 Å². The maximum Gasteiger partial charge on any atom is 0.265 e. The summed E-state index contributed by atoms with van der Waals surface area (Å²) in [6, 6.07) is 10.7. The minimum absolute atomic E-state index is 0.373. The van der Waals surface area contributed by atoms with E-state index in [4.69, 9.17) is 16.3 Å². The second-order valence-corrected chi connectivity index (χ2v) is 5.63. The van der Waals surface area contributed by atoms with E-state index in [9.17, 15) is 9.18 Å². The topological polar surface area (TPSA) is 38.3 Å². The zero-order valence-corrected chi connectivity index (χ0v) is 13.4. The summed E-state index contributed by atoms with van der Waals surface area (Å²) in [4.78, 5) is 12.0. The van der Waals surface area contributed by atoms with Gasteiger partial charge in [0, 0.05) is 10.7 Å². The summed E-state index contributed by atoms with van der Waals surface area (Å²) in [5, 5.41) is 3.15. The third kappa shape index (κ3) is 4.44. The first kappa shape index (κ1) is 15.8. The van der Waals surface area contributed by atoms with Crippen LogP contribution in [0.3, 0.4) is 0 Å². The summed E-state index contributed by atoms with van der Waals surface area (Å²) in [6.45, 7) is 1.61. The quantitative estimate of drug-likeness (QED) is 0.848. The number of ether oxygens (including phenoxy) is 1. The van der Waals surface area contributed by atoms with Crippen molar-refractivity contribution in [2.45, 2.75) is 13.0 Å². The number of hydrogen-bond acceptors (Lipinski definition) is 2. The molecule has 1 N–H and O–H groups in total. The summed E-state index contributed by atoms with van der Waals surface area (Å²) in [7, 11) is 0. The molecule has 2 aromatic rings. The Labute approximate surface area is 135 Å². The zero-order valence-electron chi connectivity index (χ0n) is 11.1. The number of carbonyl (C=O) groups excluding carboxylic acids is 1. The minimum atomic E-state index is -0.745. The smallest absolute Gasteiger partial charge is 0.265 e. The molecule has 0 bridgehead atoms. The Kier molecular flexibility index (Phi) is 5.20. The van der Waals surface area contributed by atoms with E-state index in [1.807, 2.05) is 0 Å². The molecule has 110 valence electrons. The number of carbonyl (C=O) groups is 1. The molecule has 3 nitrogen and oxygen atoms in total. The van der Waals surface area contributed by atoms with Crippen LogP contribution in [0.25, 0.3) is 0 Å². The van der Waals surface area contributed by atoms with Gasteiger partial charge in [-0.05, 0) is 59.3 Å². The molecule has 0 heterocycles. The highest BCUT2D eigenvalue weighted by Gasteiger charge is 2.16. The van der Waals surface area contributed by atoms with E-state index >= 15 is 0 Å². The Morgan fingerprint density at radius 2 is 2.10 bits per heavy atom. The maximum absolute atomic E-state index is 13.1. The van der Waals surface area contributed by atoms with E-state index < -0.39 is 11.9 Å². The average Bonchev–Trinajstić information content (AvgIpc) is 2.41. The molecule has 2 rings (SSSR count). The van der Waals surface area contributed by atoms with Gasteiger partial charge in [0.1, 0.15) is 11.6 Å². The summed E-state index contributed by atoms with van der Waals surface area (Å²) in [5.74, 6) is -0.287. The largest absolute Gasteiger partial charge is 0.480 e. The van der Waals surface area contributed by atoms with Crippen LogP contribution in [0.2, 0.25) is 5.02 Å². The normalized spacial score (nSPS) is 11.8. The molecule has 0 aliphatic rings. The first-order valence-electron chi connectivity index (χ1n) is 6.14. The van der Waals surface area contributed by atoms with Crippen LogP contribution >= 0.6 is 27.5 Å². The molecule has 0 saturated heterocycles. The number of nitrogens with one attached hydrogen (secondary N) is 1. The fraction of sp³-hybridized carbons (Fsp3) is 0.133. The van der Waals surface area contributed by atoms with Crippen molar-refractivity contribution >= 4 is 39.1 Å². The van der Waals surface area contributed by atoms with E-state index in [0.29, 0.717) is 20.9 Å². The van der Waals surface area contributed by atoms with Crippen LogP contribution in [-0.2, 0) is 4.79 Å². The van der Waals surface area contributed by atoms with Crippen LogP contribution in [0.4, 0.5) is 10.1 Å². The molecule has 0 fully saturated rings. The highest BCUT2D eigenvalue weighted by atomic mass is 79.9. The second-order valence-electron chi connectivity index (χ2n) is 4.33. The second kappa shape index (κ2) is 6.91. The third-order valence-corrected chi connectivity index (χ3v) is 3.51. The predicted molar refractivity (Wildman–Crippen MR) is 84.3 cm³/mol. The lowest BCUT2D eigenvalue weighted by Crippen LogP contribution is -2.30. The number of benzene rings is 2. The summed E-state index contributed by atoms with van der Waals surface area (Å²) in [5.41, 5.74) is 0.380. The van der Waals surface area contributed by atoms with Gasteiger partial charge in [-0.1, -0.05) is 17.7 Å². The van der Waals surface area contributed by atoms with Gasteiger partial charge >= 0.3 is 0 Å². The predicted octanol–water partition coefficient (Wildman–Crippen LogP) is 4.65. The molecule has 0 aromatic heterocycles. The Balaban J connectivity index is 2.02. The summed E-state index contributed by atoms with van der Waals surface area (Å²) < 4.78 is 19.3. The van der Waals surface area contributed by atoms with Gasteiger partial charge in [-0.2, -0.15) is 0 Å². The molecule has 0 saturated carbocycles. The molecule has 2 aromatic carbocycles. The van der Waals surface area contributed by atoms with Crippen LogP contribution < -0.4 is 10.1 Å². The molecular weight excluding hydrogens is 361 g/mol. The average molecular weight is 373 g/mol. The van der Waals surface area contributed by atoms with Crippen LogP contribution in [0.5, 0.6) is 5.75 Å². The number of anilines is 1. The van der Waals surface area contributed by atoms with Crippen molar-refractivity contribution in [2.75, 3.05) is 5.32 Å².